The van der Waals surface area contributed by atoms with Crippen molar-refractivity contribution >= 4 is 5.91 Å². The summed E-state index contributed by atoms with van der Waals surface area (Å²) in [6.45, 7) is 8.55. The summed E-state index contributed by atoms with van der Waals surface area (Å²) < 4.78 is 5.08. The van der Waals surface area contributed by atoms with Gasteiger partial charge in [-0.15, -0.1) is 0 Å². The summed E-state index contributed by atoms with van der Waals surface area (Å²) in [6, 6.07) is 1.67. The maximum Gasteiger partial charge on any atom is 0.273 e. The predicted octanol–water partition coefficient (Wildman–Crippen LogP) is 1.94. The van der Waals surface area contributed by atoms with Gasteiger partial charge in [-0.3, -0.25) is 4.79 Å². The maximum atomic E-state index is 11.8. The first kappa shape index (κ1) is 14.7. The van der Waals surface area contributed by atoms with Crippen molar-refractivity contribution in [2.75, 3.05) is 13.2 Å². The average molecular weight is 254 g/mol. The van der Waals surface area contributed by atoms with Crippen molar-refractivity contribution in [1.29, 1.82) is 0 Å². The Morgan fingerprint density at radius 3 is 2.72 bits per heavy atom. The van der Waals surface area contributed by atoms with Gasteiger partial charge in [0.2, 0.25) is 0 Å². The molecule has 0 aliphatic rings. The fourth-order valence-corrected chi connectivity index (χ4v) is 1.47. The van der Waals surface area contributed by atoms with Gasteiger partial charge in [0, 0.05) is 25.1 Å². The number of carbonyl (C=O) groups excluding carboxylic acids is 1. The van der Waals surface area contributed by atoms with Crippen LogP contribution in [0.2, 0.25) is 0 Å². The fraction of sp³-hybridized carbons (Fsp3) is 0.692. The van der Waals surface area contributed by atoms with Gasteiger partial charge in [0.25, 0.3) is 5.91 Å². The molecule has 18 heavy (non-hydrogen) atoms. The van der Waals surface area contributed by atoms with Crippen molar-refractivity contribution in [3.8, 4) is 0 Å². The predicted molar refractivity (Wildman–Crippen MR) is 68.4 cm³/mol. The van der Waals surface area contributed by atoms with E-state index < -0.39 is 0 Å². The number of hydrogen-bond donors (Lipinski definition) is 2. The van der Waals surface area contributed by atoms with Gasteiger partial charge in [-0.1, -0.05) is 32.9 Å². The molecule has 1 aromatic rings. The molecule has 0 bridgehead atoms. The highest BCUT2D eigenvalue weighted by Crippen LogP contribution is 2.19. The molecule has 0 unspecified atom stereocenters. The third-order valence-electron chi connectivity index (χ3n) is 2.85. The second kappa shape index (κ2) is 6.00. The summed E-state index contributed by atoms with van der Waals surface area (Å²) in [7, 11) is 0. The van der Waals surface area contributed by atoms with E-state index >= 15 is 0 Å². The minimum absolute atomic E-state index is 0.115. The number of aliphatic hydroxyl groups is 1. The van der Waals surface area contributed by atoms with Crippen LogP contribution in [-0.2, 0) is 0 Å². The lowest BCUT2D eigenvalue weighted by atomic mass is 9.90. The van der Waals surface area contributed by atoms with E-state index in [4.69, 9.17) is 9.63 Å². The summed E-state index contributed by atoms with van der Waals surface area (Å²) >= 11 is 0. The van der Waals surface area contributed by atoms with Crippen molar-refractivity contribution in [3.63, 3.8) is 0 Å². The van der Waals surface area contributed by atoms with Gasteiger partial charge in [-0.25, -0.2) is 0 Å². The van der Waals surface area contributed by atoms with Crippen LogP contribution < -0.4 is 5.32 Å². The maximum absolute atomic E-state index is 11.8. The van der Waals surface area contributed by atoms with Crippen LogP contribution in [0.15, 0.2) is 10.6 Å². The number of rotatable bonds is 6. The largest absolute Gasteiger partial charge is 0.396 e. The summed E-state index contributed by atoms with van der Waals surface area (Å²) in [5, 5.41) is 15.5. The lowest BCUT2D eigenvalue weighted by Crippen LogP contribution is -2.34. The van der Waals surface area contributed by atoms with E-state index in [1.54, 1.807) is 6.07 Å². The van der Waals surface area contributed by atoms with Gasteiger partial charge in [0.05, 0.1) is 0 Å². The highest BCUT2D eigenvalue weighted by atomic mass is 16.5. The molecule has 0 saturated carbocycles. The van der Waals surface area contributed by atoms with Crippen LogP contribution in [0.25, 0.3) is 0 Å². The topological polar surface area (TPSA) is 75.4 Å². The average Bonchev–Trinajstić information content (AvgIpc) is 2.75. The zero-order valence-corrected chi connectivity index (χ0v) is 11.5. The molecule has 1 heterocycles. The van der Waals surface area contributed by atoms with E-state index in [2.05, 4.69) is 10.5 Å². The zero-order valence-electron chi connectivity index (χ0n) is 11.5. The number of aromatic nitrogens is 1. The molecule has 5 heteroatoms. The van der Waals surface area contributed by atoms with Crippen molar-refractivity contribution in [3.05, 3.63) is 17.5 Å². The highest BCUT2D eigenvalue weighted by molar-refractivity contribution is 5.92. The Labute approximate surface area is 108 Å². The van der Waals surface area contributed by atoms with Crippen LogP contribution >= 0.6 is 0 Å². The Bertz CT molecular complexity index is 397. The molecule has 0 radical (unpaired) electrons. The van der Waals surface area contributed by atoms with E-state index in [0.717, 1.165) is 0 Å². The first-order valence-corrected chi connectivity index (χ1v) is 6.21. The standard InChI is InChI=1S/C13H22N2O3/c1-9(2)11-7-10(15-18-11)12(17)14-8-13(3,4)5-6-16/h7,9,16H,5-6,8H2,1-4H3,(H,14,17). The lowest BCUT2D eigenvalue weighted by molar-refractivity contribution is 0.0919. The van der Waals surface area contributed by atoms with Gasteiger partial charge in [-0.05, 0) is 11.8 Å². The molecule has 0 aliphatic heterocycles. The van der Waals surface area contributed by atoms with Crippen LogP contribution in [0.3, 0.4) is 0 Å². The van der Waals surface area contributed by atoms with Crippen molar-refractivity contribution < 1.29 is 14.4 Å². The molecule has 1 rings (SSSR count). The summed E-state index contributed by atoms with van der Waals surface area (Å²) in [6.07, 6.45) is 0.642. The van der Waals surface area contributed by atoms with Crippen LogP contribution in [-0.4, -0.2) is 29.3 Å². The molecule has 0 aliphatic carbocycles. The number of nitrogens with zero attached hydrogens (tertiary/aromatic N) is 1. The molecule has 1 aromatic heterocycles. The third-order valence-corrected chi connectivity index (χ3v) is 2.85. The molecule has 0 saturated heterocycles. The molecule has 5 nitrogen and oxygen atoms in total. The van der Waals surface area contributed by atoms with E-state index in [1.807, 2.05) is 27.7 Å². The second-order valence-electron chi connectivity index (χ2n) is 5.59. The second-order valence-corrected chi connectivity index (χ2v) is 5.59. The van der Waals surface area contributed by atoms with Crippen LogP contribution in [0, 0.1) is 5.41 Å². The molecule has 0 fully saturated rings. The van der Waals surface area contributed by atoms with Gasteiger partial charge in [-0.2, -0.15) is 0 Å². The number of aliphatic hydroxyl groups excluding tert-OH is 1. The number of amides is 1. The van der Waals surface area contributed by atoms with E-state index in [0.29, 0.717) is 24.4 Å². The van der Waals surface area contributed by atoms with Crippen molar-refractivity contribution in [1.82, 2.24) is 10.5 Å². The van der Waals surface area contributed by atoms with E-state index in [1.165, 1.54) is 0 Å². The molecular formula is C13H22N2O3. The number of hydrogen-bond acceptors (Lipinski definition) is 4. The molecule has 0 atom stereocenters. The molecule has 1 amide bonds. The van der Waals surface area contributed by atoms with E-state index in [9.17, 15) is 4.79 Å². The van der Waals surface area contributed by atoms with Crippen molar-refractivity contribution in [2.24, 2.45) is 5.41 Å². The molecular weight excluding hydrogens is 232 g/mol. The Morgan fingerprint density at radius 2 is 2.22 bits per heavy atom. The van der Waals surface area contributed by atoms with Gasteiger partial charge < -0.3 is 14.9 Å². The summed E-state index contributed by atoms with van der Waals surface area (Å²) in [4.78, 5) is 11.8. The summed E-state index contributed by atoms with van der Waals surface area (Å²) in [5.74, 6) is 0.677. The minimum atomic E-state index is -0.239. The Morgan fingerprint density at radius 1 is 1.56 bits per heavy atom. The molecule has 0 aromatic carbocycles. The van der Waals surface area contributed by atoms with Crippen molar-refractivity contribution in [2.45, 2.75) is 40.0 Å². The molecule has 0 spiro atoms. The third kappa shape index (κ3) is 4.14. The molecule has 102 valence electrons. The van der Waals surface area contributed by atoms with Gasteiger partial charge in [0.15, 0.2) is 5.69 Å². The fourth-order valence-electron chi connectivity index (χ4n) is 1.47. The van der Waals surface area contributed by atoms with Gasteiger partial charge >= 0.3 is 0 Å². The smallest absolute Gasteiger partial charge is 0.273 e. The first-order valence-electron chi connectivity index (χ1n) is 6.21. The summed E-state index contributed by atoms with van der Waals surface area (Å²) in [5.41, 5.74) is 0.174. The monoisotopic (exact) mass is 254 g/mol. The lowest BCUT2D eigenvalue weighted by Gasteiger charge is -2.23. The Kier molecular flexibility index (Phi) is 4.90. The molecule has 2 N–H and O–H groups in total. The SMILES string of the molecule is CC(C)c1cc(C(=O)NCC(C)(C)CCO)no1. The number of nitrogens with one attached hydrogen (secondary N) is 1. The van der Waals surface area contributed by atoms with Crippen LogP contribution in [0.5, 0.6) is 0 Å². The Balaban J connectivity index is 2.55. The Hall–Kier alpha value is -1.36. The van der Waals surface area contributed by atoms with Gasteiger partial charge in [0.1, 0.15) is 5.76 Å². The highest BCUT2D eigenvalue weighted by Gasteiger charge is 2.20. The number of carbonyl (C=O) groups is 1. The first-order chi connectivity index (χ1) is 8.35. The minimum Gasteiger partial charge on any atom is -0.396 e. The normalized spacial score (nSPS) is 11.9. The van der Waals surface area contributed by atoms with E-state index in [-0.39, 0.29) is 23.8 Å². The van der Waals surface area contributed by atoms with Crippen LogP contribution in [0.4, 0.5) is 0 Å². The van der Waals surface area contributed by atoms with Crippen LogP contribution in [0.1, 0.15) is 56.3 Å². The zero-order chi connectivity index (χ0) is 13.8. The quantitative estimate of drug-likeness (QED) is 0.813.